The SMILES string of the molecule is CCOC(=O)c1c(NC(=O)[C@@]23C[C@@H]4CC[C@]2(C)[C@@]4(C)CO3)sc2c1CCOC2. The summed E-state index contributed by atoms with van der Waals surface area (Å²) in [6, 6.07) is 0. The Kier molecular flexibility index (Phi) is 4.00. The Morgan fingerprint density at radius 1 is 1.36 bits per heavy atom. The molecule has 2 saturated carbocycles. The molecule has 2 aliphatic heterocycles. The fourth-order valence-corrected chi connectivity index (χ4v) is 7.37. The lowest BCUT2D eigenvalue weighted by Gasteiger charge is -2.39. The standard InChI is InChI=1S/C21H27NO5S/c1-4-26-17(23)15-13-6-8-25-10-14(13)28-16(15)22-18(24)21-9-12-5-7-20(21,3)19(12,2)11-27-21/h12H,4-11H2,1-3H3,(H,22,24)/t12-,19-,20+,21-/m0/s1. The van der Waals surface area contributed by atoms with Crippen LogP contribution in [0, 0.1) is 16.7 Å². The summed E-state index contributed by atoms with van der Waals surface area (Å²) in [7, 11) is 0. The fourth-order valence-electron chi connectivity index (χ4n) is 6.20. The van der Waals surface area contributed by atoms with Crippen LogP contribution in [-0.2, 0) is 32.0 Å². The number of hydrogen-bond acceptors (Lipinski definition) is 6. The molecule has 4 atom stereocenters. The van der Waals surface area contributed by atoms with Crippen LogP contribution in [0.1, 0.15) is 60.8 Å². The van der Waals surface area contributed by atoms with Crippen LogP contribution in [0.25, 0.3) is 0 Å². The van der Waals surface area contributed by atoms with Crippen molar-refractivity contribution in [1.29, 1.82) is 0 Å². The third kappa shape index (κ3) is 2.10. The number of thiophene rings is 1. The quantitative estimate of drug-likeness (QED) is 0.776. The third-order valence-electron chi connectivity index (χ3n) is 8.09. The van der Waals surface area contributed by atoms with Crippen LogP contribution >= 0.6 is 11.3 Å². The summed E-state index contributed by atoms with van der Waals surface area (Å²) >= 11 is 1.43. The van der Waals surface area contributed by atoms with Crippen LogP contribution in [0.4, 0.5) is 5.00 Å². The van der Waals surface area contributed by atoms with Crippen molar-refractivity contribution in [3.8, 4) is 0 Å². The van der Waals surface area contributed by atoms with Crippen molar-refractivity contribution in [3.63, 3.8) is 0 Å². The molecule has 7 heteroatoms. The highest BCUT2D eigenvalue weighted by Gasteiger charge is 2.78. The molecule has 28 heavy (non-hydrogen) atoms. The Morgan fingerprint density at radius 3 is 2.89 bits per heavy atom. The minimum atomic E-state index is -0.794. The summed E-state index contributed by atoms with van der Waals surface area (Å²) < 4.78 is 17.1. The highest BCUT2D eigenvalue weighted by Crippen LogP contribution is 2.75. The van der Waals surface area contributed by atoms with Crippen LogP contribution in [0.3, 0.4) is 0 Å². The van der Waals surface area contributed by atoms with Crippen LogP contribution in [0.5, 0.6) is 0 Å². The first-order valence-electron chi connectivity index (χ1n) is 10.2. The second-order valence-electron chi connectivity index (χ2n) is 8.99. The Morgan fingerprint density at radius 2 is 2.18 bits per heavy atom. The van der Waals surface area contributed by atoms with Gasteiger partial charge >= 0.3 is 5.97 Å². The lowest BCUT2D eigenvalue weighted by atomic mass is 9.66. The molecule has 1 N–H and O–H groups in total. The molecule has 1 aromatic heterocycles. The highest BCUT2D eigenvalue weighted by molar-refractivity contribution is 7.17. The molecule has 3 fully saturated rings. The van der Waals surface area contributed by atoms with E-state index in [0.717, 1.165) is 23.3 Å². The summed E-state index contributed by atoms with van der Waals surface area (Å²) in [5.74, 6) is 0.0588. The predicted molar refractivity (Wildman–Crippen MR) is 105 cm³/mol. The number of anilines is 1. The summed E-state index contributed by atoms with van der Waals surface area (Å²) in [5.41, 5.74) is 0.579. The number of carbonyl (C=O) groups excluding carboxylic acids is 2. The van der Waals surface area contributed by atoms with Crippen molar-refractivity contribution in [2.75, 3.05) is 25.1 Å². The van der Waals surface area contributed by atoms with Gasteiger partial charge < -0.3 is 19.5 Å². The molecular weight excluding hydrogens is 378 g/mol. The van der Waals surface area contributed by atoms with Gasteiger partial charge in [-0.15, -0.1) is 11.3 Å². The minimum absolute atomic E-state index is 0.0663. The second-order valence-corrected chi connectivity index (χ2v) is 10.1. The number of ether oxygens (including phenoxy) is 3. The predicted octanol–water partition coefficient (Wildman–Crippen LogP) is 3.53. The van der Waals surface area contributed by atoms with Crippen molar-refractivity contribution in [1.82, 2.24) is 0 Å². The molecule has 1 saturated heterocycles. The van der Waals surface area contributed by atoms with Crippen LogP contribution in [-0.4, -0.2) is 37.3 Å². The summed E-state index contributed by atoms with van der Waals surface area (Å²) in [6.07, 6.45) is 3.62. The average molecular weight is 406 g/mol. The number of hydrogen-bond donors (Lipinski definition) is 1. The first-order valence-corrected chi connectivity index (χ1v) is 11.0. The van der Waals surface area contributed by atoms with Gasteiger partial charge in [-0.1, -0.05) is 13.8 Å². The largest absolute Gasteiger partial charge is 0.462 e. The van der Waals surface area contributed by atoms with E-state index >= 15 is 0 Å². The molecular formula is C21H27NO5S. The first kappa shape index (κ1) is 18.6. The molecule has 5 rings (SSSR count). The Labute approximate surface area is 168 Å². The van der Waals surface area contributed by atoms with Gasteiger partial charge in [-0.05, 0) is 44.1 Å². The molecule has 0 unspecified atom stereocenters. The van der Waals surface area contributed by atoms with E-state index in [-0.39, 0.29) is 22.7 Å². The van der Waals surface area contributed by atoms with E-state index in [1.54, 1.807) is 6.92 Å². The smallest absolute Gasteiger partial charge is 0.341 e. The van der Waals surface area contributed by atoms with Crippen molar-refractivity contribution in [2.24, 2.45) is 16.7 Å². The molecule has 0 spiro atoms. The van der Waals surface area contributed by atoms with E-state index in [4.69, 9.17) is 14.2 Å². The number of rotatable bonds is 4. The van der Waals surface area contributed by atoms with E-state index in [9.17, 15) is 9.59 Å². The van der Waals surface area contributed by atoms with E-state index in [1.807, 2.05) is 0 Å². The number of carbonyl (C=O) groups is 2. The number of nitrogens with one attached hydrogen (secondary N) is 1. The monoisotopic (exact) mass is 405 g/mol. The summed E-state index contributed by atoms with van der Waals surface area (Å²) in [5, 5.41) is 3.67. The maximum atomic E-state index is 13.6. The summed E-state index contributed by atoms with van der Waals surface area (Å²) in [4.78, 5) is 27.2. The topological polar surface area (TPSA) is 73.9 Å². The van der Waals surface area contributed by atoms with Crippen molar-refractivity contribution < 1.29 is 23.8 Å². The second kappa shape index (κ2) is 6.03. The zero-order valence-electron chi connectivity index (χ0n) is 16.7. The highest BCUT2D eigenvalue weighted by atomic mass is 32.1. The molecule has 4 bridgehead atoms. The maximum absolute atomic E-state index is 13.6. The molecule has 1 aromatic rings. The first-order chi connectivity index (χ1) is 13.4. The summed E-state index contributed by atoms with van der Waals surface area (Å²) in [6.45, 7) is 8.28. The number of amides is 1. The van der Waals surface area contributed by atoms with E-state index in [2.05, 4.69) is 19.2 Å². The fraction of sp³-hybridized carbons (Fsp3) is 0.714. The van der Waals surface area contributed by atoms with Gasteiger partial charge in [-0.25, -0.2) is 4.79 Å². The van der Waals surface area contributed by atoms with Gasteiger partial charge in [0.2, 0.25) is 0 Å². The van der Waals surface area contributed by atoms with Crippen LogP contribution < -0.4 is 5.32 Å². The van der Waals surface area contributed by atoms with Gasteiger partial charge in [0.15, 0.2) is 5.60 Å². The normalized spacial score (nSPS) is 37.8. The average Bonchev–Trinajstić information content (AvgIpc) is 3.29. The third-order valence-corrected chi connectivity index (χ3v) is 9.21. The molecule has 3 heterocycles. The minimum Gasteiger partial charge on any atom is -0.462 e. The van der Waals surface area contributed by atoms with Gasteiger partial charge in [-0.3, -0.25) is 4.79 Å². The van der Waals surface area contributed by atoms with Gasteiger partial charge in [0.05, 0.1) is 32.0 Å². The van der Waals surface area contributed by atoms with E-state index in [1.165, 1.54) is 17.8 Å². The van der Waals surface area contributed by atoms with Gasteiger partial charge in [0.25, 0.3) is 5.91 Å². The van der Waals surface area contributed by atoms with Crippen molar-refractivity contribution in [3.05, 3.63) is 16.0 Å². The lowest BCUT2D eigenvalue weighted by molar-refractivity contribution is -0.149. The van der Waals surface area contributed by atoms with E-state index in [0.29, 0.717) is 49.3 Å². The molecule has 1 amide bonds. The molecule has 0 aromatic carbocycles. The number of fused-ring (bicyclic) bond motifs is 1. The van der Waals surface area contributed by atoms with Crippen LogP contribution in [0.15, 0.2) is 0 Å². The van der Waals surface area contributed by atoms with E-state index < -0.39 is 5.60 Å². The van der Waals surface area contributed by atoms with Crippen molar-refractivity contribution >= 4 is 28.2 Å². The molecule has 4 aliphatic rings. The maximum Gasteiger partial charge on any atom is 0.341 e. The van der Waals surface area contributed by atoms with Crippen molar-refractivity contribution in [2.45, 2.75) is 58.7 Å². The van der Waals surface area contributed by atoms with Crippen LogP contribution in [0.2, 0.25) is 0 Å². The molecule has 0 radical (unpaired) electrons. The van der Waals surface area contributed by atoms with Gasteiger partial charge in [0, 0.05) is 15.7 Å². The Balaban J connectivity index is 1.50. The molecule has 152 valence electrons. The molecule has 2 aliphatic carbocycles. The number of esters is 1. The molecule has 6 nitrogen and oxygen atoms in total. The Hall–Kier alpha value is -1.44. The van der Waals surface area contributed by atoms with Gasteiger partial charge in [-0.2, -0.15) is 0 Å². The lowest BCUT2D eigenvalue weighted by Crippen LogP contribution is -2.52. The zero-order chi connectivity index (χ0) is 19.7. The zero-order valence-corrected chi connectivity index (χ0v) is 17.5. The van der Waals surface area contributed by atoms with Gasteiger partial charge in [0.1, 0.15) is 5.00 Å². The Bertz CT molecular complexity index is 865.